The molecule has 0 N–H and O–H groups in total. The Bertz CT molecular complexity index is 2640. The van der Waals surface area contributed by atoms with Gasteiger partial charge in [-0.2, -0.15) is 0 Å². The van der Waals surface area contributed by atoms with Gasteiger partial charge in [0.15, 0.2) is 0 Å². The van der Waals surface area contributed by atoms with Crippen LogP contribution in [0.25, 0.3) is 44.2 Å². The summed E-state index contributed by atoms with van der Waals surface area (Å²) in [5, 5.41) is 2.51. The first-order valence-corrected chi connectivity index (χ1v) is 17.8. The smallest absolute Gasteiger partial charge is 0.0859 e. The van der Waals surface area contributed by atoms with Crippen LogP contribution in [0.15, 0.2) is 188 Å². The van der Waals surface area contributed by atoms with Gasteiger partial charge in [0.2, 0.25) is 0 Å². The minimum atomic E-state index is -0.541. The molecule has 2 nitrogen and oxygen atoms in total. The molecule has 0 bridgehead atoms. The number of allylic oxidation sites excluding steroid dienone is 9. The first-order valence-electron chi connectivity index (χ1n) is 17.8. The van der Waals surface area contributed by atoms with Crippen LogP contribution in [-0.2, 0) is 12.0 Å². The van der Waals surface area contributed by atoms with Crippen molar-refractivity contribution in [1.82, 2.24) is 0 Å². The molecule has 0 saturated heterocycles. The number of hydrogen-bond donors (Lipinski definition) is 0. The van der Waals surface area contributed by atoms with E-state index in [-0.39, 0.29) is 0 Å². The van der Waals surface area contributed by atoms with Crippen LogP contribution < -0.4 is 4.90 Å². The fraction of sp³-hybridized carbons (Fsp3) is 0.0600. The first-order chi connectivity index (χ1) is 25.6. The van der Waals surface area contributed by atoms with Crippen LogP contribution in [0.2, 0.25) is 0 Å². The molecule has 6 aromatic carbocycles. The number of anilines is 2. The minimum Gasteiger partial charge on any atom is -0.335 e. The molecule has 1 unspecified atom stereocenters. The third-order valence-corrected chi connectivity index (χ3v) is 11.3. The molecule has 52 heavy (non-hydrogen) atoms. The third kappa shape index (κ3) is 4.21. The highest BCUT2D eigenvalue weighted by Crippen LogP contribution is 2.62. The number of rotatable bonds is 7. The highest BCUT2D eigenvalue weighted by Gasteiger charge is 2.52. The van der Waals surface area contributed by atoms with E-state index < -0.39 is 5.41 Å². The van der Waals surface area contributed by atoms with Gasteiger partial charge in [0.1, 0.15) is 0 Å². The molecule has 3 aliphatic rings. The molecular formula is C50H38N2. The Balaban J connectivity index is 1.29. The van der Waals surface area contributed by atoms with Crippen LogP contribution in [0, 0.1) is 0 Å². The molecule has 2 heteroatoms. The van der Waals surface area contributed by atoms with Gasteiger partial charge < -0.3 is 4.90 Å². The van der Waals surface area contributed by atoms with Gasteiger partial charge in [-0.25, -0.2) is 0 Å². The second-order valence-electron chi connectivity index (χ2n) is 13.6. The van der Waals surface area contributed by atoms with Gasteiger partial charge in [-0.1, -0.05) is 141 Å². The maximum absolute atomic E-state index is 4.42. The summed E-state index contributed by atoms with van der Waals surface area (Å²) < 4.78 is 0. The topological polar surface area (TPSA) is 15.6 Å². The fourth-order valence-corrected chi connectivity index (χ4v) is 9.17. The van der Waals surface area contributed by atoms with Crippen molar-refractivity contribution in [2.75, 3.05) is 4.90 Å². The molecule has 0 amide bonds. The van der Waals surface area contributed by atoms with Crippen LogP contribution in [0.4, 0.5) is 17.1 Å². The number of fused-ring (bicyclic) bond motifs is 9. The summed E-state index contributed by atoms with van der Waals surface area (Å²) in [5.41, 5.74) is 18.1. The summed E-state index contributed by atoms with van der Waals surface area (Å²) in [6, 6.07) is 44.1. The highest BCUT2D eigenvalue weighted by atomic mass is 15.2. The van der Waals surface area contributed by atoms with E-state index >= 15 is 0 Å². The van der Waals surface area contributed by atoms with E-state index in [0.29, 0.717) is 0 Å². The summed E-state index contributed by atoms with van der Waals surface area (Å²) in [5.74, 6) is 0. The molecular weight excluding hydrogens is 629 g/mol. The van der Waals surface area contributed by atoms with Crippen molar-refractivity contribution < 1.29 is 0 Å². The lowest BCUT2D eigenvalue weighted by Crippen LogP contribution is -2.27. The van der Waals surface area contributed by atoms with Gasteiger partial charge in [0.25, 0.3) is 0 Å². The number of hydrogen-bond acceptors (Lipinski definition) is 2. The maximum Gasteiger partial charge on any atom is 0.0859 e. The van der Waals surface area contributed by atoms with Crippen molar-refractivity contribution >= 4 is 45.7 Å². The van der Waals surface area contributed by atoms with Crippen LogP contribution >= 0.6 is 0 Å². The Morgan fingerprint density at radius 2 is 1.31 bits per heavy atom. The van der Waals surface area contributed by atoms with Crippen molar-refractivity contribution in [3.8, 4) is 22.3 Å². The number of aliphatic imine (C=N–C) groups is 1. The Kier molecular flexibility index (Phi) is 7.31. The molecule has 0 aromatic heterocycles. The summed E-state index contributed by atoms with van der Waals surface area (Å²) >= 11 is 0. The first kappa shape index (κ1) is 31.5. The van der Waals surface area contributed by atoms with E-state index in [4.69, 9.17) is 0 Å². The number of para-hydroxylation sites is 2. The summed E-state index contributed by atoms with van der Waals surface area (Å²) in [6.45, 7) is 19.7. The molecule has 0 radical (unpaired) electrons. The van der Waals surface area contributed by atoms with Gasteiger partial charge in [-0.3, -0.25) is 4.99 Å². The zero-order valence-corrected chi connectivity index (χ0v) is 29.4. The Labute approximate surface area is 306 Å². The van der Waals surface area contributed by atoms with Crippen LogP contribution in [0.3, 0.4) is 0 Å². The zero-order chi connectivity index (χ0) is 35.6. The SMILES string of the molecule is C=CC1=C(C=C)C2(C(/C=C\C)=C(C=C)c3ccc(-c4ccc5c(c4)-c4ccc6ccccc6c4CN5c4ccccc4N=C)cc32)c2ccccc21. The van der Waals surface area contributed by atoms with Crippen molar-refractivity contribution in [2.24, 2.45) is 4.99 Å². The van der Waals surface area contributed by atoms with Crippen molar-refractivity contribution in [3.05, 3.63) is 210 Å². The fourth-order valence-electron chi connectivity index (χ4n) is 9.17. The lowest BCUT2D eigenvalue weighted by atomic mass is 9.68. The second kappa shape index (κ2) is 12.1. The van der Waals surface area contributed by atoms with Gasteiger partial charge in [-0.05, 0) is 122 Å². The molecule has 2 aliphatic carbocycles. The van der Waals surface area contributed by atoms with Crippen LogP contribution in [-0.4, -0.2) is 6.72 Å². The largest absolute Gasteiger partial charge is 0.335 e. The predicted octanol–water partition coefficient (Wildman–Crippen LogP) is 13.1. The Hall–Kier alpha value is -6.51. The lowest BCUT2D eigenvalue weighted by molar-refractivity contribution is 0.779. The molecule has 248 valence electrons. The Morgan fingerprint density at radius 1 is 0.615 bits per heavy atom. The molecule has 6 aromatic rings. The minimum absolute atomic E-state index is 0.541. The van der Waals surface area contributed by atoms with E-state index in [2.05, 4.69) is 165 Å². The average Bonchev–Trinajstić information content (AvgIpc) is 3.65. The summed E-state index contributed by atoms with van der Waals surface area (Å²) in [7, 11) is 0. The predicted molar refractivity (Wildman–Crippen MR) is 223 cm³/mol. The van der Waals surface area contributed by atoms with E-state index in [0.717, 1.165) is 51.5 Å². The monoisotopic (exact) mass is 666 g/mol. The van der Waals surface area contributed by atoms with E-state index in [1.165, 1.54) is 55.3 Å². The standard InChI is InChI=1S/C50H38N2/c1-6-16-44-36(8-3)40-27-24-34(30-46(40)50(44)43(9-4)35(7-2)39-19-12-13-20-45(39)50)33-25-28-48-41(29-33)38-26-23-32-17-10-11-18-37(32)42(38)31-52(48)49-22-15-14-21-47(49)51-5/h6-30H,2-5,31H2,1H3/b16-6-. The van der Waals surface area contributed by atoms with Gasteiger partial charge >= 0.3 is 0 Å². The third-order valence-electron chi connectivity index (χ3n) is 11.3. The molecule has 0 saturated carbocycles. The molecule has 0 fully saturated rings. The lowest BCUT2D eigenvalue weighted by Gasteiger charge is -2.35. The molecule has 1 heterocycles. The average molecular weight is 667 g/mol. The van der Waals surface area contributed by atoms with Gasteiger partial charge in [0, 0.05) is 17.8 Å². The van der Waals surface area contributed by atoms with E-state index in [9.17, 15) is 0 Å². The van der Waals surface area contributed by atoms with E-state index in [1.807, 2.05) is 30.4 Å². The van der Waals surface area contributed by atoms with Crippen molar-refractivity contribution in [2.45, 2.75) is 18.9 Å². The van der Waals surface area contributed by atoms with Gasteiger partial charge in [-0.15, -0.1) is 0 Å². The Morgan fingerprint density at radius 3 is 2.12 bits per heavy atom. The van der Waals surface area contributed by atoms with Crippen LogP contribution in [0.5, 0.6) is 0 Å². The quantitative estimate of drug-likeness (QED) is 0.155. The number of benzene rings is 6. The second-order valence-corrected chi connectivity index (χ2v) is 13.6. The van der Waals surface area contributed by atoms with Crippen LogP contribution in [0.1, 0.15) is 34.7 Å². The van der Waals surface area contributed by atoms with Crippen molar-refractivity contribution in [1.29, 1.82) is 0 Å². The molecule has 1 spiro atoms. The normalized spacial score (nSPS) is 17.0. The summed E-state index contributed by atoms with van der Waals surface area (Å²) in [6.07, 6.45) is 10.4. The van der Waals surface area contributed by atoms with E-state index in [1.54, 1.807) is 0 Å². The molecule has 1 aliphatic heterocycles. The summed E-state index contributed by atoms with van der Waals surface area (Å²) in [4.78, 5) is 6.81. The van der Waals surface area contributed by atoms with Crippen molar-refractivity contribution in [3.63, 3.8) is 0 Å². The maximum atomic E-state index is 4.42. The number of nitrogens with zero attached hydrogens (tertiary/aromatic N) is 2. The highest BCUT2D eigenvalue weighted by molar-refractivity contribution is 6.02. The molecule has 9 rings (SSSR count). The molecule has 1 atom stereocenters. The van der Waals surface area contributed by atoms with Gasteiger partial charge in [0.05, 0.1) is 16.8 Å². The zero-order valence-electron chi connectivity index (χ0n) is 29.4.